The number of benzene rings is 1. The Bertz CT molecular complexity index is 611. The molecule has 0 bridgehead atoms. The molecular formula is C9H8BClN2O3. The fourth-order valence-corrected chi connectivity index (χ4v) is 1.76. The molecule has 0 unspecified atom stereocenters. The van der Waals surface area contributed by atoms with Crippen LogP contribution < -0.4 is 16.8 Å². The topological polar surface area (TPSA) is 99.3 Å². The van der Waals surface area contributed by atoms with Crippen molar-refractivity contribution >= 4 is 40.8 Å². The standard InChI is InChI=1S/C9H8BClN2O3/c11-4-1-2-6-5(3-4)7(10(15)16)8(12)9(14)13-6/h1-3,15-16H,12H2,(H,13,14). The third kappa shape index (κ3) is 1.67. The highest BCUT2D eigenvalue weighted by atomic mass is 35.5. The molecule has 0 atom stereocenters. The zero-order valence-corrected chi connectivity index (χ0v) is 8.82. The van der Waals surface area contributed by atoms with Gasteiger partial charge in [0.2, 0.25) is 0 Å². The summed E-state index contributed by atoms with van der Waals surface area (Å²) in [6, 6.07) is 4.67. The van der Waals surface area contributed by atoms with E-state index in [1.54, 1.807) is 12.1 Å². The summed E-state index contributed by atoms with van der Waals surface area (Å²) in [4.78, 5) is 13.9. The van der Waals surface area contributed by atoms with Gasteiger partial charge in [-0.2, -0.15) is 0 Å². The molecule has 2 rings (SSSR count). The lowest BCUT2D eigenvalue weighted by atomic mass is 9.77. The van der Waals surface area contributed by atoms with Crippen LogP contribution in [0.4, 0.5) is 5.69 Å². The summed E-state index contributed by atoms with van der Waals surface area (Å²) in [6.07, 6.45) is 0. The van der Waals surface area contributed by atoms with Gasteiger partial charge in [0.25, 0.3) is 5.56 Å². The first-order valence-corrected chi connectivity index (χ1v) is 4.85. The molecule has 0 aliphatic heterocycles. The molecule has 0 radical (unpaired) electrons. The highest BCUT2D eigenvalue weighted by molar-refractivity contribution is 6.63. The Morgan fingerprint density at radius 2 is 2.06 bits per heavy atom. The van der Waals surface area contributed by atoms with E-state index in [0.717, 1.165) is 0 Å². The predicted octanol–water partition coefficient (Wildman–Crippen LogP) is -0.557. The van der Waals surface area contributed by atoms with Crippen LogP contribution in [-0.4, -0.2) is 22.2 Å². The second-order valence-electron chi connectivity index (χ2n) is 3.35. The number of nitrogen functional groups attached to an aromatic ring is 1. The Labute approximate surface area is 95.6 Å². The van der Waals surface area contributed by atoms with E-state index >= 15 is 0 Å². The Kier molecular flexibility index (Phi) is 2.63. The highest BCUT2D eigenvalue weighted by Gasteiger charge is 2.20. The largest absolute Gasteiger partial charge is 0.491 e. The summed E-state index contributed by atoms with van der Waals surface area (Å²) in [7, 11) is -1.82. The average molecular weight is 238 g/mol. The zero-order chi connectivity index (χ0) is 11.9. The summed E-state index contributed by atoms with van der Waals surface area (Å²) in [5.74, 6) is 0. The van der Waals surface area contributed by atoms with E-state index in [4.69, 9.17) is 17.3 Å². The van der Waals surface area contributed by atoms with Gasteiger partial charge in [-0.05, 0) is 18.2 Å². The Morgan fingerprint density at radius 3 is 2.69 bits per heavy atom. The third-order valence-corrected chi connectivity index (χ3v) is 2.55. The van der Waals surface area contributed by atoms with Crippen molar-refractivity contribution in [1.82, 2.24) is 4.98 Å². The first-order valence-electron chi connectivity index (χ1n) is 4.47. The van der Waals surface area contributed by atoms with Gasteiger partial charge < -0.3 is 20.8 Å². The molecule has 5 nitrogen and oxygen atoms in total. The van der Waals surface area contributed by atoms with E-state index in [9.17, 15) is 14.8 Å². The van der Waals surface area contributed by atoms with Gasteiger partial charge in [0.15, 0.2) is 0 Å². The number of aromatic nitrogens is 1. The number of rotatable bonds is 1. The molecule has 0 spiro atoms. The number of aromatic amines is 1. The van der Waals surface area contributed by atoms with Crippen LogP contribution in [0.2, 0.25) is 5.02 Å². The second-order valence-corrected chi connectivity index (χ2v) is 3.78. The second kappa shape index (κ2) is 3.82. The Balaban J connectivity index is 2.96. The first-order chi connectivity index (χ1) is 7.50. The van der Waals surface area contributed by atoms with Crippen LogP contribution in [0.5, 0.6) is 0 Å². The molecule has 1 aromatic heterocycles. The van der Waals surface area contributed by atoms with Crippen LogP contribution in [0.3, 0.4) is 0 Å². The molecule has 0 aliphatic rings. The van der Waals surface area contributed by atoms with Gasteiger partial charge in [0.05, 0.1) is 5.69 Å². The van der Waals surface area contributed by atoms with Gasteiger partial charge in [-0.25, -0.2) is 0 Å². The zero-order valence-electron chi connectivity index (χ0n) is 8.07. The SMILES string of the molecule is Nc1c(B(O)O)c2cc(Cl)ccc2[nH]c1=O. The predicted molar refractivity (Wildman–Crippen MR) is 63.8 cm³/mol. The lowest BCUT2D eigenvalue weighted by Gasteiger charge is -2.08. The molecule has 2 aromatic rings. The van der Waals surface area contributed by atoms with Crippen LogP contribution in [0, 0.1) is 0 Å². The van der Waals surface area contributed by atoms with Crippen LogP contribution >= 0.6 is 11.6 Å². The summed E-state index contributed by atoms with van der Waals surface area (Å²) in [6.45, 7) is 0. The van der Waals surface area contributed by atoms with Crippen LogP contribution in [0.15, 0.2) is 23.0 Å². The van der Waals surface area contributed by atoms with E-state index in [1.165, 1.54) is 6.07 Å². The van der Waals surface area contributed by atoms with Gasteiger partial charge in [0, 0.05) is 21.4 Å². The van der Waals surface area contributed by atoms with Crippen molar-refractivity contribution in [3.05, 3.63) is 33.6 Å². The molecule has 5 N–H and O–H groups in total. The maximum atomic E-state index is 11.4. The number of halogens is 1. The normalized spacial score (nSPS) is 10.7. The Morgan fingerprint density at radius 1 is 1.38 bits per heavy atom. The van der Waals surface area contributed by atoms with E-state index in [0.29, 0.717) is 15.9 Å². The number of hydrogen-bond acceptors (Lipinski definition) is 4. The fraction of sp³-hybridized carbons (Fsp3) is 0. The lowest BCUT2D eigenvalue weighted by Crippen LogP contribution is -2.37. The van der Waals surface area contributed by atoms with Crippen LogP contribution in [-0.2, 0) is 0 Å². The number of hydrogen-bond donors (Lipinski definition) is 4. The number of H-pyrrole nitrogens is 1. The number of anilines is 1. The van der Waals surface area contributed by atoms with Crippen molar-refractivity contribution in [3.8, 4) is 0 Å². The third-order valence-electron chi connectivity index (χ3n) is 2.31. The molecule has 0 fully saturated rings. The van der Waals surface area contributed by atoms with Crippen molar-refractivity contribution in [2.45, 2.75) is 0 Å². The van der Waals surface area contributed by atoms with Crippen LogP contribution in [0.25, 0.3) is 10.9 Å². The number of nitrogens with one attached hydrogen (secondary N) is 1. The number of fused-ring (bicyclic) bond motifs is 1. The summed E-state index contributed by atoms with van der Waals surface area (Å²) in [5, 5.41) is 19.2. The minimum Gasteiger partial charge on any atom is -0.423 e. The Hall–Kier alpha value is -1.50. The van der Waals surface area contributed by atoms with E-state index < -0.39 is 12.7 Å². The van der Waals surface area contributed by atoms with E-state index in [-0.39, 0.29) is 11.2 Å². The molecular weight excluding hydrogens is 230 g/mol. The minimum absolute atomic E-state index is 0.0266. The molecule has 7 heteroatoms. The van der Waals surface area contributed by atoms with Gasteiger partial charge in [0.1, 0.15) is 0 Å². The maximum absolute atomic E-state index is 11.4. The minimum atomic E-state index is -1.82. The fourth-order valence-electron chi connectivity index (χ4n) is 1.58. The van der Waals surface area contributed by atoms with Crippen molar-refractivity contribution in [2.75, 3.05) is 5.73 Å². The maximum Gasteiger partial charge on any atom is 0.491 e. The molecule has 0 amide bonds. The molecule has 0 saturated heterocycles. The average Bonchev–Trinajstić information content (AvgIpc) is 2.20. The number of pyridine rings is 1. The quantitative estimate of drug-likeness (QED) is 0.501. The summed E-state index contributed by atoms with van der Waals surface area (Å²) >= 11 is 5.79. The summed E-state index contributed by atoms with van der Waals surface area (Å²) < 4.78 is 0. The van der Waals surface area contributed by atoms with Crippen molar-refractivity contribution in [1.29, 1.82) is 0 Å². The monoisotopic (exact) mass is 238 g/mol. The number of nitrogens with two attached hydrogens (primary N) is 1. The summed E-state index contributed by atoms with van der Waals surface area (Å²) in [5.41, 5.74) is 5.14. The first kappa shape index (κ1) is 11.0. The van der Waals surface area contributed by atoms with Crippen LogP contribution in [0.1, 0.15) is 0 Å². The highest BCUT2D eigenvalue weighted by Crippen LogP contribution is 2.16. The molecule has 0 aliphatic carbocycles. The molecule has 82 valence electrons. The van der Waals surface area contributed by atoms with Gasteiger partial charge in [-0.1, -0.05) is 11.6 Å². The molecule has 0 saturated carbocycles. The van der Waals surface area contributed by atoms with Crippen molar-refractivity contribution < 1.29 is 10.0 Å². The van der Waals surface area contributed by atoms with Gasteiger partial charge in [-0.3, -0.25) is 4.79 Å². The molecule has 1 heterocycles. The van der Waals surface area contributed by atoms with Gasteiger partial charge in [-0.15, -0.1) is 0 Å². The smallest absolute Gasteiger partial charge is 0.423 e. The van der Waals surface area contributed by atoms with E-state index in [1.807, 2.05) is 0 Å². The van der Waals surface area contributed by atoms with E-state index in [2.05, 4.69) is 4.98 Å². The van der Waals surface area contributed by atoms with Crippen molar-refractivity contribution in [3.63, 3.8) is 0 Å². The van der Waals surface area contributed by atoms with Gasteiger partial charge >= 0.3 is 7.12 Å². The van der Waals surface area contributed by atoms with Crippen molar-refractivity contribution in [2.24, 2.45) is 0 Å². The molecule has 1 aromatic carbocycles. The molecule has 16 heavy (non-hydrogen) atoms. The lowest BCUT2D eigenvalue weighted by molar-refractivity contribution is 0.426.